The van der Waals surface area contributed by atoms with Crippen molar-refractivity contribution in [3.8, 4) is 0 Å². The lowest BCUT2D eigenvalue weighted by atomic mass is 9.89. The molecule has 2 N–H and O–H groups in total. The van der Waals surface area contributed by atoms with Crippen LogP contribution in [0, 0.1) is 11.8 Å². The average molecular weight is 338 g/mol. The zero-order chi connectivity index (χ0) is 17.8. The van der Waals surface area contributed by atoms with E-state index in [9.17, 15) is 0 Å². The quantitative estimate of drug-likeness (QED) is 0.572. The van der Waals surface area contributed by atoms with E-state index >= 15 is 0 Å². The minimum Gasteiger partial charge on any atom is -0.501 e. The molecule has 0 aromatic rings. The van der Waals surface area contributed by atoms with E-state index in [-0.39, 0.29) is 6.61 Å². The van der Waals surface area contributed by atoms with Gasteiger partial charge in [-0.3, -0.25) is 0 Å². The summed E-state index contributed by atoms with van der Waals surface area (Å²) in [4.78, 5) is 0. The third-order valence-corrected chi connectivity index (χ3v) is 4.61. The Balaban J connectivity index is 0.000000891. The van der Waals surface area contributed by atoms with Gasteiger partial charge in [-0.1, -0.05) is 13.0 Å². The van der Waals surface area contributed by atoms with E-state index in [0.717, 1.165) is 18.8 Å². The fraction of sp³-hybridized carbons (Fsp3) is 0.700. The molecule has 2 unspecified atom stereocenters. The lowest BCUT2D eigenvalue weighted by Gasteiger charge is -2.16. The van der Waals surface area contributed by atoms with Gasteiger partial charge in [0.1, 0.15) is 0 Å². The number of hydrogen-bond donors (Lipinski definition) is 2. The van der Waals surface area contributed by atoms with E-state index in [0.29, 0.717) is 17.9 Å². The molecule has 0 spiro atoms. The summed E-state index contributed by atoms with van der Waals surface area (Å²) in [6.45, 7) is 8.34. The number of hydrogen-bond acceptors (Lipinski definition) is 4. The highest BCUT2D eigenvalue weighted by Crippen LogP contribution is 2.26. The maximum atomic E-state index is 7.57. The monoisotopic (exact) mass is 337 g/mol. The van der Waals surface area contributed by atoms with Gasteiger partial charge in [-0.25, -0.2) is 0 Å². The summed E-state index contributed by atoms with van der Waals surface area (Å²) in [5.74, 6) is 2.13. The van der Waals surface area contributed by atoms with Crippen molar-refractivity contribution in [1.82, 2.24) is 5.32 Å². The minimum atomic E-state index is 0.250. The molecule has 138 valence electrons. The average Bonchev–Trinajstić information content (AvgIpc) is 3.23. The molecule has 2 aliphatic rings. The van der Waals surface area contributed by atoms with Gasteiger partial charge in [-0.15, -0.1) is 0 Å². The largest absolute Gasteiger partial charge is 0.501 e. The number of methoxy groups -OCH3 is 1. The molecule has 2 fully saturated rings. The van der Waals surface area contributed by atoms with Crippen molar-refractivity contribution in [3.05, 3.63) is 35.8 Å². The Hall–Kier alpha value is -1.26. The normalized spacial score (nSPS) is 25.7. The molecule has 4 heteroatoms. The van der Waals surface area contributed by atoms with Crippen LogP contribution in [0.15, 0.2) is 35.8 Å². The second kappa shape index (κ2) is 12.2. The molecule has 0 amide bonds. The van der Waals surface area contributed by atoms with Crippen molar-refractivity contribution in [2.45, 2.75) is 52.6 Å². The number of rotatable bonds is 6. The molecule has 1 heterocycles. The maximum absolute atomic E-state index is 7.57. The fourth-order valence-corrected chi connectivity index (χ4v) is 3.09. The minimum absolute atomic E-state index is 0.250. The van der Waals surface area contributed by atoms with E-state index < -0.39 is 0 Å². The molecule has 2 rings (SSSR count). The SMILES string of the molecule is CCO.CO/C(C)=C/C=C(\C=C\OC1CCCC1)C1CNCC1C. The van der Waals surface area contributed by atoms with Crippen LogP contribution < -0.4 is 5.32 Å². The van der Waals surface area contributed by atoms with Crippen molar-refractivity contribution < 1.29 is 14.6 Å². The van der Waals surface area contributed by atoms with Gasteiger partial charge in [0.2, 0.25) is 0 Å². The Morgan fingerprint density at radius 2 is 1.88 bits per heavy atom. The first kappa shape index (κ1) is 20.8. The molecule has 1 saturated heterocycles. The van der Waals surface area contributed by atoms with Crippen molar-refractivity contribution in [2.24, 2.45) is 11.8 Å². The fourth-order valence-electron chi connectivity index (χ4n) is 3.09. The van der Waals surface area contributed by atoms with Crippen molar-refractivity contribution in [1.29, 1.82) is 0 Å². The molecule has 2 atom stereocenters. The highest BCUT2D eigenvalue weighted by molar-refractivity contribution is 5.28. The molecular formula is C20H35NO3. The lowest BCUT2D eigenvalue weighted by Crippen LogP contribution is -2.12. The first-order valence-corrected chi connectivity index (χ1v) is 9.18. The summed E-state index contributed by atoms with van der Waals surface area (Å²) in [5, 5.41) is 11.0. The van der Waals surface area contributed by atoms with Gasteiger partial charge in [0.15, 0.2) is 0 Å². The molecule has 1 saturated carbocycles. The number of nitrogens with one attached hydrogen (secondary N) is 1. The maximum Gasteiger partial charge on any atom is 0.0978 e. The van der Waals surface area contributed by atoms with E-state index in [4.69, 9.17) is 14.6 Å². The smallest absolute Gasteiger partial charge is 0.0978 e. The van der Waals surface area contributed by atoms with Crippen LogP contribution in [-0.4, -0.2) is 38.0 Å². The number of ether oxygens (including phenoxy) is 2. The number of aliphatic hydroxyl groups is 1. The lowest BCUT2D eigenvalue weighted by molar-refractivity contribution is 0.151. The molecule has 1 aliphatic carbocycles. The Morgan fingerprint density at radius 3 is 2.42 bits per heavy atom. The molecule has 4 nitrogen and oxygen atoms in total. The molecule has 24 heavy (non-hydrogen) atoms. The van der Waals surface area contributed by atoms with Gasteiger partial charge in [0.05, 0.1) is 25.2 Å². The third kappa shape index (κ3) is 7.54. The van der Waals surface area contributed by atoms with E-state index in [1.165, 1.54) is 31.3 Å². The van der Waals surface area contributed by atoms with Crippen LogP contribution in [0.4, 0.5) is 0 Å². The van der Waals surface area contributed by atoms with Crippen molar-refractivity contribution in [3.63, 3.8) is 0 Å². The number of allylic oxidation sites excluding steroid dienone is 4. The number of aliphatic hydroxyl groups excluding tert-OH is 1. The van der Waals surface area contributed by atoms with Gasteiger partial charge in [0, 0.05) is 19.1 Å². The second-order valence-electron chi connectivity index (χ2n) is 6.55. The van der Waals surface area contributed by atoms with Gasteiger partial charge < -0.3 is 19.9 Å². The molecule has 0 aromatic heterocycles. The Bertz CT molecular complexity index is 423. The van der Waals surface area contributed by atoms with Crippen LogP contribution in [0.1, 0.15) is 46.5 Å². The van der Waals surface area contributed by atoms with Crippen LogP contribution in [0.5, 0.6) is 0 Å². The highest BCUT2D eigenvalue weighted by atomic mass is 16.5. The third-order valence-electron chi connectivity index (χ3n) is 4.61. The molecule has 0 radical (unpaired) electrons. The van der Waals surface area contributed by atoms with Gasteiger partial charge >= 0.3 is 0 Å². The van der Waals surface area contributed by atoms with Gasteiger partial charge in [-0.05, 0) is 69.7 Å². The Kier molecular flexibility index (Phi) is 10.5. The van der Waals surface area contributed by atoms with Crippen LogP contribution in [-0.2, 0) is 9.47 Å². The first-order chi connectivity index (χ1) is 11.6. The summed E-state index contributed by atoms with van der Waals surface area (Å²) >= 11 is 0. The van der Waals surface area contributed by atoms with E-state index in [2.05, 4.69) is 24.4 Å². The Labute approximate surface area is 147 Å². The summed E-state index contributed by atoms with van der Waals surface area (Å²) in [6.07, 6.45) is 13.7. The van der Waals surface area contributed by atoms with Crippen LogP contribution in [0.3, 0.4) is 0 Å². The van der Waals surface area contributed by atoms with Crippen LogP contribution in [0.25, 0.3) is 0 Å². The van der Waals surface area contributed by atoms with Crippen LogP contribution >= 0.6 is 0 Å². The van der Waals surface area contributed by atoms with Crippen molar-refractivity contribution in [2.75, 3.05) is 26.8 Å². The highest BCUT2D eigenvalue weighted by Gasteiger charge is 2.25. The van der Waals surface area contributed by atoms with Gasteiger partial charge in [-0.2, -0.15) is 0 Å². The zero-order valence-corrected chi connectivity index (χ0v) is 15.8. The summed E-state index contributed by atoms with van der Waals surface area (Å²) in [7, 11) is 1.71. The standard InChI is InChI=1S/C18H29NO2.C2H6O/c1-14-12-19-13-18(14)16(9-8-15(2)20-3)10-11-21-17-6-4-5-7-17;1-2-3/h8-11,14,17-19H,4-7,12-13H2,1-3H3;3H,2H2,1H3/b11-10+,15-8+,16-9+;. The van der Waals surface area contributed by atoms with E-state index in [1.807, 2.05) is 19.3 Å². The molecule has 1 aliphatic heterocycles. The van der Waals surface area contributed by atoms with Gasteiger partial charge in [0.25, 0.3) is 0 Å². The predicted molar refractivity (Wildman–Crippen MR) is 99.6 cm³/mol. The first-order valence-electron chi connectivity index (χ1n) is 9.18. The second-order valence-corrected chi connectivity index (χ2v) is 6.55. The zero-order valence-electron chi connectivity index (χ0n) is 15.8. The molecular weight excluding hydrogens is 302 g/mol. The Morgan fingerprint density at radius 1 is 1.21 bits per heavy atom. The van der Waals surface area contributed by atoms with Crippen LogP contribution in [0.2, 0.25) is 0 Å². The molecule has 0 aromatic carbocycles. The predicted octanol–water partition coefficient (Wildman–Crippen LogP) is 3.79. The summed E-state index contributed by atoms with van der Waals surface area (Å²) in [6, 6.07) is 0. The topological polar surface area (TPSA) is 50.7 Å². The van der Waals surface area contributed by atoms with Crippen molar-refractivity contribution >= 4 is 0 Å². The summed E-state index contributed by atoms with van der Waals surface area (Å²) in [5.41, 5.74) is 1.32. The summed E-state index contributed by atoms with van der Waals surface area (Å²) < 4.78 is 11.1. The molecule has 0 bridgehead atoms. The van der Waals surface area contributed by atoms with E-state index in [1.54, 1.807) is 14.0 Å².